The fraction of sp³-hybridized carbons (Fsp3) is 0.462. The van der Waals surface area contributed by atoms with Crippen LogP contribution in [0.15, 0.2) is 36.1 Å². The van der Waals surface area contributed by atoms with E-state index < -0.39 is 0 Å². The lowest BCUT2D eigenvalue weighted by atomic mass is 10.2. The van der Waals surface area contributed by atoms with E-state index in [0.29, 0.717) is 6.42 Å². The molecule has 0 fully saturated rings. The molecule has 15 heavy (non-hydrogen) atoms. The Balaban J connectivity index is 0. The maximum Gasteiger partial charge on any atom is 0.224 e. The topological polar surface area (TPSA) is 29.1 Å². The van der Waals surface area contributed by atoms with E-state index in [1.807, 2.05) is 52.8 Å². The summed E-state index contributed by atoms with van der Waals surface area (Å²) < 4.78 is 0. The lowest BCUT2D eigenvalue weighted by Gasteiger charge is -2.03. The first-order chi connectivity index (χ1) is 7.10. The van der Waals surface area contributed by atoms with Crippen LogP contribution in [0.25, 0.3) is 0 Å². The molecule has 0 aromatic carbocycles. The van der Waals surface area contributed by atoms with Crippen LogP contribution in [0.5, 0.6) is 0 Å². The van der Waals surface area contributed by atoms with Crippen molar-refractivity contribution < 1.29 is 4.79 Å². The molecule has 0 radical (unpaired) electrons. The lowest BCUT2D eigenvalue weighted by molar-refractivity contribution is -0.120. The van der Waals surface area contributed by atoms with Crippen molar-refractivity contribution in [1.82, 2.24) is 5.32 Å². The van der Waals surface area contributed by atoms with Gasteiger partial charge in [0.25, 0.3) is 0 Å². The van der Waals surface area contributed by atoms with Gasteiger partial charge >= 0.3 is 0 Å². The van der Waals surface area contributed by atoms with E-state index in [1.54, 1.807) is 0 Å². The number of hydrogen-bond acceptors (Lipinski definition) is 1. The highest BCUT2D eigenvalue weighted by Crippen LogP contribution is 1.99. The molecule has 0 saturated carbocycles. The molecule has 0 saturated heterocycles. The van der Waals surface area contributed by atoms with Crippen molar-refractivity contribution >= 4 is 5.91 Å². The summed E-state index contributed by atoms with van der Waals surface area (Å²) in [5.41, 5.74) is 1.71. The molecule has 0 bridgehead atoms. The predicted molar refractivity (Wildman–Crippen MR) is 67.5 cm³/mol. The largest absolute Gasteiger partial charge is 0.326 e. The van der Waals surface area contributed by atoms with Crippen LogP contribution in [0.1, 0.15) is 41.0 Å². The molecular formula is C13H23NO. The van der Waals surface area contributed by atoms with Gasteiger partial charge < -0.3 is 5.32 Å². The fourth-order valence-corrected chi connectivity index (χ4v) is 0.820. The highest BCUT2D eigenvalue weighted by molar-refractivity contribution is 5.78. The van der Waals surface area contributed by atoms with Gasteiger partial charge in [-0.2, -0.15) is 0 Å². The quantitative estimate of drug-likeness (QED) is 0.704. The minimum Gasteiger partial charge on any atom is -0.326 e. The van der Waals surface area contributed by atoms with E-state index in [2.05, 4.69) is 11.9 Å². The number of allylic oxidation sites excluding steroid dienone is 4. The van der Waals surface area contributed by atoms with Gasteiger partial charge in [-0.15, -0.1) is 0 Å². The van der Waals surface area contributed by atoms with E-state index in [9.17, 15) is 4.79 Å². The minimum atomic E-state index is 0.0191. The van der Waals surface area contributed by atoms with Gasteiger partial charge in [-0.25, -0.2) is 0 Å². The molecule has 1 N–H and O–H groups in total. The van der Waals surface area contributed by atoms with Crippen molar-refractivity contribution in [3.63, 3.8) is 0 Å². The molecule has 1 amide bonds. The van der Waals surface area contributed by atoms with Crippen LogP contribution in [0.3, 0.4) is 0 Å². The highest BCUT2D eigenvalue weighted by Gasteiger charge is 1.97. The summed E-state index contributed by atoms with van der Waals surface area (Å²) in [6, 6.07) is 0. The highest BCUT2D eigenvalue weighted by atomic mass is 16.1. The Bertz CT molecular complexity index is 249. The second-order valence-corrected chi connectivity index (χ2v) is 2.85. The Kier molecular flexibility index (Phi) is 11.6. The SMILES string of the molecule is C=C(C)/C=C(\C=C/C)NC(=O)CC.CC. The second-order valence-electron chi connectivity index (χ2n) is 2.85. The van der Waals surface area contributed by atoms with Crippen molar-refractivity contribution in [2.45, 2.75) is 41.0 Å². The maximum absolute atomic E-state index is 11.1. The Morgan fingerprint density at radius 2 is 1.93 bits per heavy atom. The summed E-state index contributed by atoms with van der Waals surface area (Å²) in [4.78, 5) is 11.1. The van der Waals surface area contributed by atoms with Gasteiger partial charge in [0.05, 0.1) is 0 Å². The first-order valence-electron chi connectivity index (χ1n) is 5.40. The monoisotopic (exact) mass is 209 g/mol. The molecule has 0 aromatic rings. The van der Waals surface area contributed by atoms with Crippen molar-refractivity contribution in [3.8, 4) is 0 Å². The van der Waals surface area contributed by atoms with Crippen LogP contribution in [0.2, 0.25) is 0 Å². The number of carbonyl (C=O) groups excluding carboxylic acids is 1. The first-order valence-corrected chi connectivity index (χ1v) is 5.40. The van der Waals surface area contributed by atoms with Crippen LogP contribution in [-0.2, 0) is 4.79 Å². The second kappa shape index (κ2) is 10.8. The summed E-state index contributed by atoms with van der Waals surface area (Å²) >= 11 is 0. The van der Waals surface area contributed by atoms with E-state index in [-0.39, 0.29) is 5.91 Å². The molecule has 2 nitrogen and oxygen atoms in total. The number of nitrogens with one attached hydrogen (secondary N) is 1. The molecule has 0 unspecified atom stereocenters. The number of rotatable bonds is 4. The van der Waals surface area contributed by atoms with Gasteiger partial charge in [-0.05, 0) is 26.0 Å². The zero-order chi connectivity index (χ0) is 12.3. The average Bonchev–Trinajstić information content (AvgIpc) is 2.20. The summed E-state index contributed by atoms with van der Waals surface area (Å²) in [6.45, 7) is 13.4. The molecule has 0 rings (SSSR count). The third kappa shape index (κ3) is 10.6. The Labute approximate surface area is 93.8 Å². The summed E-state index contributed by atoms with van der Waals surface area (Å²) in [7, 11) is 0. The number of amides is 1. The lowest BCUT2D eigenvalue weighted by Crippen LogP contribution is -2.20. The van der Waals surface area contributed by atoms with Gasteiger partial charge in [0.1, 0.15) is 0 Å². The standard InChI is InChI=1S/C11H17NO.C2H6/c1-5-7-10(8-9(3)4)12-11(13)6-2;1-2/h5,7-8H,3,6H2,1-2,4H3,(H,12,13);1-2H3/b7-5-,10-8+;. The molecule has 86 valence electrons. The van der Waals surface area contributed by atoms with Crippen LogP contribution in [-0.4, -0.2) is 5.91 Å². The van der Waals surface area contributed by atoms with Crippen molar-refractivity contribution in [2.75, 3.05) is 0 Å². The molecule has 2 heteroatoms. The van der Waals surface area contributed by atoms with Crippen molar-refractivity contribution in [1.29, 1.82) is 0 Å². The minimum absolute atomic E-state index is 0.0191. The molecule has 0 heterocycles. The van der Waals surface area contributed by atoms with Gasteiger partial charge in [0, 0.05) is 12.1 Å². The first kappa shape index (κ1) is 16.1. The molecule has 0 aliphatic carbocycles. The van der Waals surface area contributed by atoms with Crippen molar-refractivity contribution in [3.05, 3.63) is 36.1 Å². The number of carbonyl (C=O) groups is 1. The van der Waals surface area contributed by atoms with Crippen LogP contribution in [0, 0.1) is 0 Å². The van der Waals surface area contributed by atoms with Crippen LogP contribution < -0.4 is 5.32 Å². The molecular weight excluding hydrogens is 186 g/mol. The number of hydrogen-bond donors (Lipinski definition) is 1. The molecule has 0 spiro atoms. The smallest absolute Gasteiger partial charge is 0.224 e. The van der Waals surface area contributed by atoms with Gasteiger partial charge in [-0.1, -0.05) is 39.0 Å². The summed E-state index contributed by atoms with van der Waals surface area (Å²) in [5.74, 6) is 0.0191. The maximum atomic E-state index is 11.1. The molecule has 0 atom stereocenters. The van der Waals surface area contributed by atoms with E-state index in [4.69, 9.17) is 0 Å². The van der Waals surface area contributed by atoms with E-state index >= 15 is 0 Å². The molecule has 0 aliphatic heterocycles. The Morgan fingerprint density at radius 1 is 1.40 bits per heavy atom. The zero-order valence-corrected chi connectivity index (χ0v) is 10.6. The zero-order valence-electron chi connectivity index (χ0n) is 10.6. The average molecular weight is 209 g/mol. The summed E-state index contributed by atoms with van der Waals surface area (Å²) in [5, 5.41) is 2.77. The van der Waals surface area contributed by atoms with Gasteiger partial charge in [-0.3, -0.25) is 4.79 Å². The van der Waals surface area contributed by atoms with Crippen LogP contribution >= 0.6 is 0 Å². The van der Waals surface area contributed by atoms with Gasteiger partial charge in [0.15, 0.2) is 0 Å². The predicted octanol–water partition coefficient (Wildman–Crippen LogP) is 3.57. The van der Waals surface area contributed by atoms with Crippen LogP contribution in [0.4, 0.5) is 0 Å². The molecule has 0 aliphatic rings. The van der Waals surface area contributed by atoms with E-state index in [1.165, 1.54) is 0 Å². The Hall–Kier alpha value is -1.31. The van der Waals surface area contributed by atoms with E-state index in [0.717, 1.165) is 11.3 Å². The third-order valence-electron chi connectivity index (χ3n) is 1.35. The Morgan fingerprint density at radius 3 is 2.27 bits per heavy atom. The van der Waals surface area contributed by atoms with Gasteiger partial charge in [0.2, 0.25) is 5.91 Å². The molecule has 0 aromatic heterocycles. The normalized spacial score (nSPS) is 10.6. The van der Waals surface area contributed by atoms with Crippen molar-refractivity contribution in [2.24, 2.45) is 0 Å². The third-order valence-corrected chi connectivity index (χ3v) is 1.35. The fourth-order valence-electron chi connectivity index (χ4n) is 0.820. The summed E-state index contributed by atoms with van der Waals surface area (Å²) in [6.07, 6.45) is 6.06.